The fourth-order valence-corrected chi connectivity index (χ4v) is 3.28. The summed E-state index contributed by atoms with van der Waals surface area (Å²) in [6, 6.07) is -0.333. The predicted molar refractivity (Wildman–Crippen MR) is 74.5 cm³/mol. The summed E-state index contributed by atoms with van der Waals surface area (Å²) in [5.74, 6) is 1.48. The minimum Gasteiger partial charge on any atom is -0.343 e. The number of carbonyl (C=O) groups is 2. The van der Waals surface area contributed by atoms with E-state index in [-0.39, 0.29) is 30.3 Å². The molecular formula is C15H26N2O2. The molecule has 1 aliphatic carbocycles. The van der Waals surface area contributed by atoms with Gasteiger partial charge in [0.25, 0.3) is 0 Å². The van der Waals surface area contributed by atoms with Gasteiger partial charge in [-0.2, -0.15) is 0 Å². The fourth-order valence-electron chi connectivity index (χ4n) is 3.28. The van der Waals surface area contributed by atoms with E-state index in [1.807, 2.05) is 13.8 Å². The van der Waals surface area contributed by atoms with Crippen LogP contribution in [0.5, 0.6) is 0 Å². The van der Waals surface area contributed by atoms with Crippen molar-refractivity contribution in [3.8, 4) is 0 Å². The van der Waals surface area contributed by atoms with Crippen LogP contribution in [0.3, 0.4) is 0 Å². The first-order chi connectivity index (χ1) is 8.99. The highest BCUT2D eigenvalue weighted by Gasteiger charge is 2.36. The number of amides is 2. The van der Waals surface area contributed by atoms with Gasteiger partial charge in [0.2, 0.25) is 11.8 Å². The Morgan fingerprint density at radius 3 is 2.58 bits per heavy atom. The summed E-state index contributed by atoms with van der Waals surface area (Å²) in [6.07, 6.45) is 5.02. The first-order valence-corrected chi connectivity index (χ1v) is 7.57. The van der Waals surface area contributed by atoms with Gasteiger partial charge in [-0.15, -0.1) is 0 Å². The normalized spacial score (nSPS) is 32.6. The lowest BCUT2D eigenvalue weighted by atomic mass is 9.80. The van der Waals surface area contributed by atoms with Gasteiger partial charge in [-0.3, -0.25) is 9.59 Å². The molecule has 0 aromatic carbocycles. The van der Waals surface area contributed by atoms with Gasteiger partial charge in [-0.1, -0.05) is 40.0 Å². The summed E-state index contributed by atoms with van der Waals surface area (Å²) in [4.78, 5) is 25.9. The minimum atomic E-state index is -0.333. The van der Waals surface area contributed by atoms with Crippen LogP contribution in [0.25, 0.3) is 0 Å². The molecule has 2 aliphatic rings. The first kappa shape index (κ1) is 14.4. The summed E-state index contributed by atoms with van der Waals surface area (Å²) >= 11 is 0. The van der Waals surface area contributed by atoms with Crippen LogP contribution in [-0.2, 0) is 9.59 Å². The average Bonchev–Trinajstić information content (AvgIpc) is 2.35. The van der Waals surface area contributed by atoms with Crippen LogP contribution in [0.1, 0.15) is 46.5 Å². The van der Waals surface area contributed by atoms with E-state index >= 15 is 0 Å². The van der Waals surface area contributed by atoms with Gasteiger partial charge in [0.1, 0.15) is 6.04 Å². The molecule has 1 N–H and O–H groups in total. The third-order valence-electron chi connectivity index (χ3n) is 4.64. The van der Waals surface area contributed by atoms with Crippen molar-refractivity contribution >= 4 is 11.8 Å². The zero-order chi connectivity index (χ0) is 14.0. The lowest BCUT2D eigenvalue weighted by molar-refractivity contribution is -0.146. The van der Waals surface area contributed by atoms with E-state index in [1.54, 1.807) is 4.90 Å². The maximum atomic E-state index is 12.4. The Kier molecular flexibility index (Phi) is 4.48. The zero-order valence-corrected chi connectivity index (χ0v) is 12.3. The van der Waals surface area contributed by atoms with Gasteiger partial charge in [-0.25, -0.2) is 0 Å². The van der Waals surface area contributed by atoms with Crippen molar-refractivity contribution in [1.29, 1.82) is 0 Å². The van der Waals surface area contributed by atoms with E-state index < -0.39 is 0 Å². The number of rotatable bonds is 3. The van der Waals surface area contributed by atoms with Crippen molar-refractivity contribution in [2.75, 3.05) is 13.1 Å². The topological polar surface area (TPSA) is 49.4 Å². The third-order valence-corrected chi connectivity index (χ3v) is 4.64. The van der Waals surface area contributed by atoms with Gasteiger partial charge in [0, 0.05) is 6.54 Å². The maximum absolute atomic E-state index is 12.4. The Balaban J connectivity index is 2.01. The highest BCUT2D eigenvalue weighted by molar-refractivity contribution is 5.94. The van der Waals surface area contributed by atoms with Crippen molar-refractivity contribution in [3.05, 3.63) is 0 Å². The van der Waals surface area contributed by atoms with E-state index in [9.17, 15) is 9.59 Å². The SMILES string of the molecule is CC(C)C1NC(=O)CN(CC2CCCCC2C)C1=O. The van der Waals surface area contributed by atoms with E-state index in [4.69, 9.17) is 0 Å². The molecular weight excluding hydrogens is 240 g/mol. The van der Waals surface area contributed by atoms with Crippen LogP contribution in [0, 0.1) is 17.8 Å². The molecule has 0 spiro atoms. The number of hydrogen-bond acceptors (Lipinski definition) is 2. The average molecular weight is 266 g/mol. The van der Waals surface area contributed by atoms with E-state index in [1.165, 1.54) is 25.7 Å². The van der Waals surface area contributed by atoms with Crippen LogP contribution in [0.15, 0.2) is 0 Å². The van der Waals surface area contributed by atoms with Crippen LogP contribution < -0.4 is 5.32 Å². The Bertz CT molecular complexity index is 354. The van der Waals surface area contributed by atoms with E-state index in [2.05, 4.69) is 12.2 Å². The molecule has 1 aliphatic heterocycles. The molecule has 2 fully saturated rings. The summed E-state index contributed by atoms with van der Waals surface area (Å²) in [7, 11) is 0. The van der Waals surface area contributed by atoms with Gasteiger partial charge in [0.15, 0.2) is 0 Å². The number of piperazine rings is 1. The molecule has 0 bridgehead atoms. The van der Waals surface area contributed by atoms with Crippen molar-refractivity contribution in [2.24, 2.45) is 17.8 Å². The Morgan fingerprint density at radius 1 is 1.26 bits per heavy atom. The fraction of sp³-hybridized carbons (Fsp3) is 0.867. The maximum Gasteiger partial charge on any atom is 0.245 e. The molecule has 108 valence electrons. The third kappa shape index (κ3) is 3.28. The second-order valence-electron chi connectivity index (χ2n) is 6.53. The smallest absolute Gasteiger partial charge is 0.245 e. The van der Waals surface area contributed by atoms with Crippen molar-refractivity contribution in [1.82, 2.24) is 10.2 Å². The minimum absolute atomic E-state index is 0.0123. The van der Waals surface area contributed by atoms with Gasteiger partial charge in [0.05, 0.1) is 6.54 Å². The number of nitrogens with one attached hydrogen (secondary N) is 1. The molecule has 1 heterocycles. The van der Waals surface area contributed by atoms with Crippen molar-refractivity contribution in [2.45, 2.75) is 52.5 Å². The lowest BCUT2D eigenvalue weighted by Gasteiger charge is -2.38. The zero-order valence-electron chi connectivity index (χ0n) is 12.3. The van der Waals surface area contributed by atoms with E-state index in [0.29, 0.717) is 11.8 Å². The largest absolute Gasteiger partial charge is 0.343 e. The molecule has 3 atom stereocenters. The second kappa shape index (κ2) is 5.93. The predicted octanol–water partition coefficient (Wildman–Crippen LogP) is 1.80. The van der Waals surface area contributed by atoms with Crippen LogP contribution >= 0.6 is 0 Å². The standard InChI is InChI=1S/C15H26N2O2/c1-10(2)14-15(19)17(9-13(18)16-14)8-12-7-5-4-6-11(12)3/h10-12,14H,4-9H2,1-3H3,(H,16,18). The molecule has 2 amide bonds. The monoisotopic (exact) mass is 266 g/mol. The molecule has 0 aromatic heterocycles. The molecule has 1 saturated heterocycles. The Hall–Kier alpha value is -1.06. The van der Waals surface area contributed by atoms with E-state index in [0.717, 1.165) is 6.54 Å². The summed E-state index contributed by atoms with van der Waals surface area (Å²) < 4.78 is 0. The van der Waals surface area contributed by atoms with Crippen LogP contribution in [-0.4, -0.2) is 35.8 Å². The molecule has 3 unspecified atom stereocenters. The van der Waals surface area contributed by atoms with Gasteiger partial charge < -0.3 is 10.2 Å². The molecule has 0 radical (unpaired) electrons. The lowest BCUT2D eigenvalue weighted by Crippen LogP contribution is -2.60. The molecule has 2 rings (SSSR count). The highest BCUT2D eigenvalue weighted by atomic mass is 16.2. The van der Waals surface area contributed by atoms with Crippen molar-refractivity contribution < 1.29 is 9.59 Å². The summed E-state index contributed by atoms with van der Waals surface area (Å²) in [6.45, 7) is 7.24. The second-order valence-corrected chi connectivity index (χ2v) is 6.53. The number of carbonyl (C=O) groups excluding carboxylic acids is 2. The molecule has 4 nitrogen and oxygen atoms in total. The highest BCUT2D eigenvalue weighted by Crippen LogP contribution is 2.30. The molecule has 4 heteroatoms. The Morgan fingerprint density at radius 2 is 1.95 bits per heavy atom. The molecule has 0 aromatic rings. The Labute approximate surface area is 115 Å². The van der Waals surface area contributed by atoms with Crippen molar-refractivity contribution in [3.63, 3.8) is 0 Å². The molecule has 19 heavy (non-hydrogen) atoms. The number of hydrogen-bond donors (Lipinski definition) is 1. The van der Waals surface area contributed by atoms with Crippen LogP contribution in [0.2, 0.25) is 0 Å². The summed E-state index contributed by atoms with van der Waals surface area (Å²) in [5, 5.41) is 2.81. The molecule has 1 saturated carbocycles. The quantitative estimate of drug-likeness (QED) is 0.846. The van der Waals surface area contributed by atoms with Crippen LogP contribution in [0.4, 0.5) is 0 Å². The number of nitrogens with zero attached hydrogens (tertiary/aromatic N) is 1. The first-order valence-electron chi connectivity index (χ1n) is 7.57. The summed E-state index contributed by atoms with van der Waals surface area (Å²) in [5.41, 5.74) is 0. The van der Waals surface area contributed by atoms with Gasteiger partial charge in [-0.05, 0) is 24.2 Å². The van der Waals surface area contributed by atoms with Gasteiger partial charge >= 0.3 is 0 Å².